The van der Waals surface area contributed by atoms with Crippen LogP contribution in [0.3, 0.4) is 0 Å². The van der Waals surface area contributed by atoms with E-state index in [1.54, 1.807) is 32.0 Å². The van der Waals surface area contributed by atoms with Gasteiger partial charge in [0.25, 0.3) is 5.91 Å². The van der Waals surface area contributed by atoms with Crippen molar-refractivity contribution < 1.29 is 22.8 Å². The van der Waals surface area contributed by atoms with E-state index < -0.39 is 39.5 Å². The number of ketones is 2. The fraction of sp³-hybridized carbons (Fsp3) is 0.423. The molecule has 0 radical (unpaired) electrons. The molecule has 2 bridgehead atoms. The van der Waals surface area contributed by atoms with Gasteiger partial charge in [0.2, 0.25) is 15.8 Å². The monoisotopic (exact) mass is 484 g/mol. The van der Waals surface area contributed by atoms with Gasteiger partial charge in [0.05, 0.1) is 10.9 Å². The van der Waals surface area contributed by atoms with E-state index in [-0.39, 0.29) is 17.2 Å². The molecule has 2 unspecified atom stereocenters. The molecule has 1 aliphatic rings. The Labute approximate surface area is 201 Å². The molecule has 0 aromatic heterocycles. The predicted octanol–water partition coefficient (Wildman–Crippen LogP) is 2.83. The smallest absolute Gasteiger partial charge is 0.287 e. The molecular weight excluding hydrogens is 452 g/mol. The quantitative estimate of drug-likeness (QED) is 0.588. The summed E-state index contributed by atoms with van der Waals surface area (Å²) in [6.07, 6.45) is 2.20. The molecule has 0 saturated carbocycles. The van der Waals surface area contributed by atoms with Crippen LogP contribution < -0.4 is 10.0 Å². The second-order valence-electron chi connectivity index (χ2n) is 9.11. The highest BCUT2D eigenvalue weighted by Crippen LogP contribution is 2.21. The van der Waals surface area contributed by atoms with Crippen LogP contribution >= 0.6 is 0 Å². The molecule has 2 aromatic rings. The lowest BCUT2D eigenvalue weighted by Gasteiger charge is -2.24. The number of carbonyl (C=O) groups excluding carboxylic acids is 3. The minimum atomic E-state index is -3.92. The fourth-order valence-electron chi connectivity index (χ4n) is 4.15. The van der Waals surface area contributed by atoms with E-state index in [1.807, 2.05) is 18.2 Å². The van der Waals surface area contributed by atoms with Crippen molar-refractivity contribution in [3.05, 3.63) is 65.7 Å². The molecule has 34 heavy (non-hydrogen) atoms. The number of fused-ring (bicyclic) bond motifs is 2. The first-order valence-electron chi connectivity index (χ1n) is 11.7. The zero-order valence-electron chi connectivity index (χ0n) is 19.6. The average molecular weight is 485 g/mol. The molecule has 1 heterocycles. The average Bonchev–Trinajstić information content (AvgIpc) is 2.82. The lowest BCUT2D eigenvalue weighted by molar-refractivity contribution is -0.141. The number of carbonyl (C=O) groups is 3. The van der Waals surface area contributed by atoms with Crippen LogP contribution in [0.1, 0.15) is 44.2 Å². The maximum Gasteiger partial charge on any atom is 0.287 e. The molecule has 3 rings (SSSR count). The normalized spacial score (nSPS) is 18.5. The van der Waals surface area contributed by atoms with Crippen molar-refractivity contribution in [2.75, 3.05) is 6.54 Å². The van der Waals surface area contributed by atoms with E-state index in [9.17, 15) is 22.8 Å². The van der Waals surface area contributed by atoms with Gasteiger partial charge in [-0.2, -0.15) is 0 Å². The number of hydrogen-bond acceptors (Lipinski definition) is 5. The third-order valence-electron chi connectivity index (χ3n) is 6.09. The number of rotatable bonds is 7. The van der Waals surface area contributed by atoms with Crippen LogP contribution in [0, 0.1) is 11.8 Å². The third-order valence-corrected chi connectivity index (χ3v) is 7.55. The molecular formula is C26H32N2O5S. The molecule has 7 nitrogen and oxygen atoms in total. The fourth-order valence-corrected chi connectivity index (χ4v) is 5.54. The molecule has 2 atom stereocenters. The van der Waals surface area contributed by atoms with E-state index in [0.29, 0.717) is 25.8 Å². The summed E-state index contributed by atoms with van der Waals surface area (Å²) in [5.74, 6) is -2.87. The largest absolute Gasteiger partial charge is 0.349 e. The highest BCUT2D eigenvalue weighted by molar-refractivity contribution is 7.89. The molecule has 2 aromatic carbocycles. The van der Waals surface area contributed by atoms with Crippen molar-refractivity contribution in [2.45, 2.75) is 56.9 Å². The number of sulfonamides is 1. The Balaban J connectivity index is 1.79. The van der Waals surface area contributed by atoms with Crippen molar-refractivity contribution in [1.82, 2.24) is 10.0 Å². The highest BCUT2D eigenvalue weighted by Gasteiger charge is 2.33. The van der Waals surface area contributed by atoms with Gasteiger partial charge in [-0.25, -0.2) is 13.1 Å². The first-order chi connectivity index (χ1) is 16.2. The van der Waals surface area contributed by atoms with Crippen molar-refractivity contribution >= 4 is 27.5 Å². The first-order valence-corrected chi connectivity index (χ1v) is 13.2. The summed E-state index contributed by atoms with van der Waals surface area (Å²) in [5, 5.41) is 2.66. The van der Waals surface area contributed by atoms with Gasteiger partial charge in [-0.3, -0.25) is 14.4 Å². The molecule has 0 aliphatic carbocycles. The SMILES string of the molecule is CC(C)C(NS(=O)(=O)c1ccccc1)C(=O)CC1CCc2cccc(c2)CCCNC(=O)C1=O. The van der Waals surface area contributed by atoms with Gasteiger partial charge >= 0.3 is 0 Å². The maximum absolute atomic E-state index is 13.3. The standard InChI is InChI=1S/C26H32N2O5S/c1-18(2)24(28-34(32,33)22-11-4-3-5-12-22)23(29)17-21-14-13-20-9-6-8-19(16-20)10-7-15-27-26(31)25(21)30/h3-6,8-9,11-12,16,18,21,24,28H,7,10,13-15,17H2,1-2H3,(H,27,31). The van der Waals surface area contributed by atoms with Crippen LogP contribution in [0.15, 0.2) is 59.5 Å². The minimum absolute atomic E-state index is 0.0646. The number of hydrogen-bond donors (Lipinski definition) is 2. The number of benzene rings is 2. The van der Waals surface area contributed by atoms with E-state index in [0.717, 1.165) is 12.0 Å². The second kappa shape index (κ2) is 11.5. The molecule has 0 fully saturated rings. The van der Waals surface area contributed by atoms with Gasteiger partial charge in [0.1, 0.15) is 0 Å². The lowest BCUT2D eigenvalue weighted by atomic mass is 9.86. The summed E-state index contributed by atoms with van der Waals surface area (Å²) in [6, 6.07) is 14.9. The van der Waals surface area contributed by atoms with Gasteiger partial charge in [-0.15, -0.1) is 0 Å². The van der Waals surface area contributed by atoms with Crippen LogP contribution in [0.4, 0.5) is 0 Å². The number of aryl methyl sites for hydroxylation is 2. The van der Waals surface area contributed by atoms with Crippen molar-refractivity contribution in [3.8, 4) is 0 Å². The number of nitrogens with one attached hydrogen (secondary N) is 2. The summed E-state index contributed by atoms with van der Waals surface area (Å²) in [4.78, 5) is 38.7. The molecule has 2 N–H and O–H groups in total. The van der Waals surface area contributed by atoms with Crippen LogP contribution in [-0.2, 0) is 37.2 Å². The number of amides is 1. The predicted molar refractivity (Wildman–Crippen MR) is 130 cm³/mol. The van der Waals surface area contributed by atoms with Gasteiger partial charge in [0.15, 0.2) is 5.78 Å². The Bertz CT molecular complexity index is 1130. The third kappa shape index (κ3) is 6.84. The van der Waals surface area contributed by atoms with Crippen LogP contribution in [0.5, 0.6) is 0 Å². The van der Waals surface area contributed by atoms with E-state index >= 15 is 0 Å². The van der Waals surface area contributed by atoms with Crippen LogP contribution in [-0.4, -0.2) is 38.5 Å². The molecule has 182 valence electrons. The zero-order valence-corrected chi connectivity index (χ0v) is 20.4. The molecule has 1 amide bonds. The van der Waals surface area contributed by atoms with Gasteiger partial charge in [0, 0.05) is 18.9 Å². The summed E-state index contributed by atoms with van der Waals surface area (Å²) in [7, 11) is -3.92. The van der Waals surface area contributed by atoms with E-state index in [4.69, 9.17) is 0 Å². The Morgan fingerprint density at radius 3 is 2.38 bits per heavy atom. The van der Waals surface area contributed by atoms with Crippen LogP contribution in [0.2, 0.25) is 0 Å². The summed E-state index contributed by atoms with van der Waals surface area (Å²) in [6.45, 7) is 3.87. The second-order valence-corrected chi connectivity index (χ2v) is 10.8. The Morgan fingerprint density at radius 2 is 1.71 bits per heavy atom. The molecule has 0 spiro atoms. The molecule has 1 aliphatic heterocycles. The van der Waals surface area contributed by atoms with Gasteiger partial charge < -0.3 is 5.32 Å². The molecule has 0 saturated heterocycles. The Hall–Kier alpha value is -2.84. The van der Waals surface area contributed by atoms with Gasteiger partial charge in [-0.05, 0) is 54.9 Å². The minimum Gasteiger partial charge on any atom is -0.349 e. The Morgan fingerprint density at radius 1 is 1.03 bits per heavy atom. The van der Waals surface area contributed by atoms with Gasteiger partial charge in [-0.1, -0.05) is 56.3 Å². The zero-order chi connectivity index (χ0) is 24.7. The van der Waals surface area contributed by atoms with Crippen molar-refractivity contribution in [3.63, 3.8) is 0 Å². The van der Waals surface area contributed by atoms with Crippen molar-refractivity contribution in [1.29, 1.82) is 0 Å². The van der Waals surface area contributed by atoms with Crippen molar-refractivity contribution in [2.24, 2.45) is 11.8 Å². The maximum atomic E-state index is 13.3. The molecule has 8 heteroatoms. The number of Topliss-reactive ketones (excluding diaryl/α,β-unsaturated/α-hetero) is 2. The topological polar surface area (TPSA) is 109 Å². The highest BCUT2D eigenvalue weighted by atomic mass is 32.2. The summed E-state index contributed by atoms with van der Waals surface area (Å²) >= 11 is 0. The lowest BCUT2D eigenvalue weighted by Crippen LogP contribution is -2.46. The summed E-state index contributed by atoms with van der Waals surface area (Å²) in [5.41, 5.74) is 2.22. The van der Waals surface area contributed by atoms with E-state index in [2.05, 4.69) is 16.1 Å². The summed E-state index contributed by atoms with van der Waals surface area (Å²) < 4.78 is 28.1. The van der Waals surface area contributed by atoms with Crippen LogP contribution in [0.25, 0.3) is 0 Å². The van der Waals surface area contributed by atoms with E-state index in [1.165, 1.54) is 17.7 Å². The first kappa shape index (κ1) is 25.8. The Kier molecular flexibility index (Phi) is 8.74.